The number of imide groups is 1. The molecule has 2 atom stereocenters. The van der Waals surface area contributed by atoms with Gasteiger partial charge in [0.15, 0.2) is 12.2 Å². The normalized spacial score (nSPS) is 12.7. The fourth-order valence-electron chi connectivity index (χ4n) is 1.34. The molecule has 0 heterocycles. The van der Waals surface area contributed by atoms with Crippen LogP contribution in [0, 0.1) is 0 Å². The van der Waals surface area contributed by atoms with Gasteiger partial charge >= 0.3 is 12.1 Å². The van der Waals surface area contributed by atoms with Crippen LogP contribution in [-0.4, -0.2) is 37.3 Å². The first kappa shape index (κ1) is 18.0. The van der Waals surface area contributed by atoms with Gasteiger partial charge in [-0.15, -0.1) is 0 Å². The minimum atomic E-state index is -1.15. The minimum Gasteiger partial charge on any atom is -0.479 e. The second kappa shape index (κ2) is 8.38. The quantitative estimate of drug-likeness (QED) is 0.794. The first-order chi connectivity index (χ1) is 10.3. The number of hydrogen-bond donors (Lipinski definition) is 1. The van der Waals surface area contributed by atoms with E-state index in [1.807, 2.05) is 5.32 Å². The highest BCUT2D eigenvalue weighted by Crippen LogP contribution is 2.17. The molecule has 1 rings (SSSR count). The third-order valence-corrected chi connectivity index (χ3v) is 3.06. The van der Waals surface area contributed by atoms with Crippen LogP contribution in [0.3, 0.4) is 0 Å². The summed E-state index contributed by atoms with van der Waals surface area (Å²) in [5.74, 6) is -1.02. The van der Waals surface area contributed by atoms with Gasteiger partial charge in [0.05, 0.1) is 7.11 Å². The van der Waals surface area contributed by atoms with Crippen molar-refractivity contribution >= 4 is 33.9 Å². The number of halogens is 1. The molecule has 0 spiro atoms. The Balaban J connectivity index is 2.51. The van der Waals surface area contributed by atoms with Crippen molar-refractivity contribution in [2.75, 3.05) is 7.11 Å². The summed E-state index contributed by atoms with van der Waals surface area (Å²) >= 11 is 3.29. The second-order valence-corrected chi connectivity index (χ2v) is 5.19. The highest BCUT2D eigenvalue weighted by molar-refractivity contribution is 9.10. The van der Waals surface area contributed by atoms with E-state index >= 15 is 0 Å². The standard InChI is InChI=1S/C14H16BrNO6/c1-8(12(17)16-14(19)20-3)22-13(18)9(2)21-11-6-4-10(15)5-7-11/h4-9H,1-3H3,(H,16,17,19)/t8-,9+/m1/s1. The molecule has 0 aliphatic heterocycles. The fourth-order valence-corrected chi connectivity index (χ4v) is 1.61. The lowest BCUT2D eigenvalue weighted by atomic mass is 10.3. The van der Waals surface area contributed by atoms with Gasteiger partial charge in [0.1, 0.15) is 5.75 Å². The summed E-state index contributed by atoms with van der Waals surface area (Å²) in [5, 5.41) is 1.91. The van der Waals surface area contributed by atoms with Crippen molar-refractivity contribution in [3.8, 4) is 5.75 Å². The Morgan fingerprint density at radius 1 is 1.09 bits per heavy atom. The van der Waals surface area contributed by atoms with Crippen LogP contribution in [0.5, 0.6) is 5.75 Å². The van der Waals surface area contributed by atoms with Crippen LogP contribution in [0.4, 0.5) is 4.79 Å². The van der Waals surface area contributed by atoms with Crippen LogP contribution in [0.25, 0.3) is 0 Å². The zero-order valence-corrected chi connectivity index (χ0v) is 13.9. The van der Waals surface area contributed by atoms with E-state index in [9.17, 15) is 14.4 Å². The molecule has 2 amide bonds. The van der Waals surface area contributed by atoms with Gasteiger partial charge in [0.25, 0.3) is 5.91 Å². The number of hydrogen-bond acceptors (Lipinski definition) is 6. The maximum Gasteiger partial charge on any atom is 0.413 e. The molecule has 0 fully saturated rings. The van der Waals surface area contributed by atoms with Crippen LogP contribution in [0.1, 0.15) is 13.8 Å². The topological polar surface area (TPSA) is 90.9 Å². The number of ether oxygens (including phenoxy) is 3. The number of carbonyl (C=O) groups is 3. The van der Waals surface area contributed by atoms with Crippen LogP contribution in [0.2, 0.25) is 0 Å². The third-order valence-electron chi connectivity index (χ3n) is 2.53. The summed E-state index contributed by atoms with van der Waals surface area (Å²) in [6.07, 6.45) is -2.98. The van der Waals surface area contributed by atoms with E-state index in [1.165, 1.54) is 13.8 Å². The largest absolute Gasteiger partial charge is 0.479 e. The maximum absolute atomic E-state index is 11.8. The van der Waals surface area contributed by atoms with Crippen LogP contribution < -0.4 is 10.1 Å². The molecular weight excluding hydrogens is 358 g/mol. The molecule has 0 aliphatic rings. The van der Waals surface area contributed by atoms with Gasteiger partial charge in [-0.3, -0.25) is 10.1 Å². The third kappa shape index (κ3) is 5.72. The van der Waals surface area contributed by atoms with Gasteiger partial charge in [0, 0.05) is 4.47 Å². The van der Waals surface area contributed by atoms with Crippen LogP contribution >= 0.6 is 15.9 Å². The molecule has 120 valence electrons. The highest BCUT2D eigenvalue weighted by atomic mass is 79.9. The van der Waals surface area contributed by atoms with E-state index in [1.54, 1.807) is 24.3 Å². The van der Waals surface area contributed by atoms with Crippen molar-refractivity contribution in [1.82, 2.24) is 5.32 Å². The van der Waals surface area contributed by atoms with Gasteiger partial charge in [0.2, 0.25) is 0 Å². The van der Waals surface area contributed by atoms with Gasteiger partial charge in [-0.1, -0.05) is 15.9 Å². The molecule has 1 aromatic rings. The predicted molar refractivity (Wildman–Crippen MR) is 80.3 cm³/mol. The van der Waals surface area contributed by atoms with Gasteiger partial charge in [-0.25, -0.2) is 9.59 Å². The SMILES string of the molecule is COC(=O)NC(=O)[C@@H](C)OC(=O)[C@H](C)Oc1ccc(Br)cc1. The summed E-state index contributed by atoms with van der Waals surface area (Å²) in [6.45, 7) is 2.83. The number of rotatable bonds is 5. The van der Waals surface area contributed by atoms with Crippen molar-refractivity contribution < 1.29 is 28.6 Å². The monoisotopic (exact) mass is 373 g/mol. The van der Waals surface area contributed by atoms with Crippen molar-refractivity contribution in [3.63, 3.8) is 0 Å². The number of alkyl carbamates (subject to hydrolysis) is 1. The smallest absolute Gasteiger partial charge is 0.413 e. The molecule has 0 radical (unpaired) electrons. The van der Waals surface area contributed by atoms with E-state index in [4.69, 9.17) is 9.47 Å². The van der Waals surface area contributed by atoms with E-state index in [0.29, 0.717) is 5.75 Å². The lowest BCUT2D eigenvalue weighted by molar-refractivity contribution is -0.160. The minimum absolute atomic E-state index is 0.485. The Labute approximate surface area is 136 Å². The number of carbonyl (C=O) groups excluding carboxylic acids is 3. The number of amides is 2. The zero-order valence-electron chi connectivity index (χ0n) is 12.3. The Kier molecular flexibility index (Phi) is 6.84. The molecular formula is C14H16BrNO6. The van der Waals surface area contributed by atoms with Gasteiger partial charge in [-0.2, -0.15) is 0 Å². The molecule has 0 saturated carbocycles. The number of benzene rings is 1. The Morgan fingerprint density at radius 2 is 1.68 bits per heavy atom. The van der Waals surface area contributed by atoms with E-state index in [2.05, 4.69) is 20.7 Å². The Morgan fingerprint density at radius 3 is 2.23 bits per heavy atom. The molecule has 0 saturated heterocycles. The molecule has 0 bridgehead atoms. The summed E-state index contributed by atoms with van der Waals surface area (Å²) in [4.78, 5) is 34.3. The lowest BCUT2D eigenvalue weighted by Crippen LogP contribution is -2.41. The van der Waals surface area contributed by atoms with Crippen LogP contribution in [-0.2, 0) is 19.1 Å². The fraction of sp³-hybridized carbons (Fsp3) is 0.357. The molecule has 0 aromatic heterocycles. The van der Waals surface area contributed by atoms with Crippen molar-refractivity contribution in [1.29, 1.82) is 0 Å². The zero-order chi connectivity index (χ0) is 16.7. The molecule has 0 aliphatic carbocycles. The van der Waals surface area contributed by atoms with Gasteiger partial charge in [-0.05, 0) is 38.1 Å². The maximum atomic E-state index is 11.8. The first-order valence-corrected chi connectivity index (χ1v) is 7.14. The average molecular weight is 374 g/mol. The van der Waals surface area contributed by atoms with Crippen LogP contribution in [0.15, 0.2) is 28.7 Å². The molecule has 0 unspecified atom stereocenters. The lowest BCUT2D eigenvalue weighted by Gasteiger charge is -2.17. The van der Waals surface area contributed by atoms with E-state index in [-0.39, 0.29) is 0 Å². The predicted octanol–water partition coefficient (Wildman–Crippen LogP) is 2.03. The molecule has 1 N–H and O–H groups in total. The summed E-state index contributed by atoms with van der Waals surface area (Å²) in [5.41, 5.74) is 0. The van der Waals surface area contributed by atoms with Gasteiger partial charge < -0.3 is 14.2 Å². The number of nitrogens with one attached hydrogen (secondary N) is 1. The molecule has 22 heavy (non-hydrogen) atoms. The van der Waals surface area contributed by atoms with Crippen molar-refractivity contribution in [2.24, 2.45) is 0 Å². The Bertz CT molecular complexity index is 545. The van der Waals surface area contributed by atoms with Crippen molar-refractivity contribution in [2.45, 2.75) is 26.1 Å². The number of esters is 1. The molecule has 1 aromatic carbocycles. The highest BCUT2D eigenvalue weighted by Gasteiger charge is 2.24. The number of methoxy groups -OCH3 is 1. The molecule has 7 nitrogen and oxygen atoms in total. The summed E-state index contributed by atoms with van der Waals surface area (Å²) < 4.78 is 15.5. The molecule has 8 heteroatoms. The first-order valence-electron chi connectivity index (χ1n) is 6.35. The van der Waals surface area contributed by atoms with E-state index < -0.39 is 30.2 Å². The van der Waals surface area contributed by atoms with E-state index in [0.717, 1.165) is 11.6 Å². The van der Waals surface area contributed by atoms with Crippen molar-refractivity contribution in [3.05, 3.63) is 28.7 Å². The second-order valence-electron chi connectivity index (χ2n) is 4.27. The summed E-state index contributed by atoms with van der Waals surface area (Å²) in [7, 11) is 1.12. The average Bonchev–Trinajstić information content (AvgIpc) is 2.49. The summed E-state index contributed by atoms with van der Waals surface area (Å²) in [6, 6.07) is 6.89. The Hall–Kier alpha value is -2.09.